The standard InChI is InChI=1S/C26H21F5N6O2/c1-37-11-18(26(29,30)31)35-23(37)16-5-3-14(4-6-16)12-39-24-17(9-19(27)28)10-32-22(36-24)20-21(15-7-8-15)33-13-34-25(20)38-2/h3-6,9-11,13,15H,7-8,12H2,1-2H3. The zero-order valence-corrected chi connectivity index (χ0v) is 20.7. The number of hydrogen-bond acceptors (Lipinski definition) is 7. The lowest BCUT2D eigenvalue weighted by atomic mass is 10.1. The second-order valence-corrected chi connectivity index (χ2v) is 8.85. The molecule has 202 valence electrons. The molecular formula is C26H21F5N6O2. The maximum absolute atomic E-state index is 13.1. The number of ether oxygens (including phenoxy) is 2. The first-order chi connectivity index (χ1) is 18.6. The number of benzene rings is 1. The Balaban J connectivity index is 1.42. The van der Waals surface area contributed by atoms with Gasteiger partial charge in [-0.2, -0.15) is 26.9 Å². The highest BCUT2D eigenvalue weighted by atomic mass is 19.4. The molecule has 8 nitrogen and oxygen atoms in total. The van der Waals surface area contributed by atoms with Gasteiger partial charge >= 0.3 is 6.18 Å². The van der Waals surface area contributed by atoms with Gasteiger partial charge in [0.25, 0.3) is 6.08 Å². The van der Waals surface area contributed by atoms with Crippen molar-refractivity contribution in [2.24, 2.45) is 7.05 Å². The zero-order valence-electron chi connectivity index (χ0n) is 20.7. The van der Waals surface area contributed by atoms with Crippen LogP contribution in [0.4, 0.5) is 22.0 Å². The van der Waals surface area contributed by atoms with Crippen LogP contribution in [0, 0.1) is 0 Å². The summed E-state index contributed by atoms with van der Waals surface area (Å²) in [5.41, 5.74) is 1.25. The normalized spacial score (nSPS) is 13.3. The summed E-state index contributed by atoms with van der Waals surface area (Å²) in [5.74, 6) is 0.690. The van der Waals surface area contributed by atoms with E-state index in [0.29, 0.717) is 28.5 Å². The molecule has 5 rings (SSSR count). The van der Waals surface area contributed by atoms with E-state index < -0.39 is 18.0 Å². The Morgan fingerprint density at radius 2 is 1.79 bits per heavy atom. The Morgan fingerprint density at radius 3 is 2.41 bits per heavy atom. The molecule has 1 aromatic carbocycles. The minimum absolute atomic E-state index is 0.0353. The second-order valence-electron chi connectivity index (χ2n) is 8.85. The molecule has 3 aromatic heterocycles. The third kappa shape index (κ3) is 5.71. The molecular weight excluding hydrogens is 523 g/mol. The minimum atomic E-state index is -4.55. The van der Waals surface area contributed by atoms with Crippen molar-refractivity contribution >= 4 is 6.08 Å². The SMILES string of the molecule is COc1ncnc(C2CC2)c1-c1ncc(C=C(F)F)c(OCc2ccc(-c3nc(C(F)(F)F)cn3C)cc2)n1. The average Bonchev–Trinajstić information content (AvgIpc) is 3.68. The van der Waals surface area contributed by atoms with Crippen LogP contribution in [-0.2, 0) is 19.8 Å². The van der Waals surface area contributed by atoms with Crippen molar-refractivity contribution in [3.05, 3.63) is 71.6 Å². The smallest absolute Gasteiger partial charge is 0.434 e. The first-order valence-corrected chi connectivity index (χ1v) is 11.8. The molecule has 0 atom stereocenters. The lowest BCUT2D eigenvalue weighted by molar-refractivity contribution is -0.140. The summed E-state index contributed by atoms with van der Waals surface area (Å²) in [4.78, 5) is 20.8. The van der Waals surface area contributed by atoms with Crippen molar-refractivity contribution in [2.45, 2.75) is 31.5 Å². The Hall–Kier alpha value is -4.42. The molecule has 1 aliphatic carbocycles. The molecule has 3 heterocycles. The highest BCUT2D eigenvalue weighted by molar-refractivity contribution is 5.67. The van der Waals surface area contributed by atoms with E-state index in [9.17, 15) is 22.0 Å². The van der Waals surface area contributed by atoms with Gasteiger partial charge < -0.3 is 14.0 Å². The van der Waals surface area contributed by atoms with E-state index in [1.807, 2.05) is 0 Å². The number of methoxy groups -OCH3 is 1. The molecule has 13 heteroatoms. The monoisotopic (exact) mass is 544 g/mol. The summed E-state index contributed by atoms with van der Waals surface area (Å²) in [6.45, 7) is -0.0578. The van der Waals surface area contributed by atoms with E-state index in [2.05, 4.69) is 24.9 Å². The number of aromatic nitrogens is 6. The molecule has 0 amide bonds. The largest absolute Gasteiger partial charge is 0.480 e. The molecule has 0 saturated heterocycles. The fourth-order valence-corrected chi connectivity index (χ4v) is 4.01. The van der Waals surface area contributed by atoms with Crippen LogP contribution in [0.3, 0.4) is 0 Å². The Kier molecular flexibility index (Phi) is 6.98. The third-order valence-electron chi connectivity index (χ3n) is 6.02. The van der Waals surface area contributed by atoms with Crippen LogP contribution in [0.15, 0.2) is 49.1 Å². The van der Waals surface area contributed by atoms with Gasteiger partial charge in [0.15, 0.2) is 11.5 Å². The van der Waals surface area contributed by atoms with E-state index in [4.69, 9.17) is 9.47 Å². The van der Waals surface area contributed by atoms with Crippen LogP contribution >= 0.6 is 0 Å². The molecule has 0 spiro atoms. The van der Waals surface area contributed by atoms with Gasteiger partial charge in [-0.05, 0) is 18.4 Å². The van der Waals surface area contributed by atoms with Gasteiger partial charge in [0.1, 0.15) is 24.3 Å². The summed E-state index contributed by atoms with van der Waals surface area (Å²) in [6, 6.07) is 6.49. The van der Waals surface area contributed by atoms with Gasteiger partial charge in [-0.25, -0.2) is 19.9 Å². The Labute approximate surface area is 219 Å². The van der Waals surface area contributed by atoms with Gasteiger partial charge in [-0.15, -0.1) is 0 Å². The quantitative estimate of drug-likeness (QED) is 0.249. The predicted octanol–water partition coefficient (Wildman–Crippen LogP) is 6.06. The molecule has 0 radical (unpaired) electrons. The third-order valence-corrected chi connectivity index (χ3v) is 6.02. The molecule has 4 aromatic rings. The van der Waals surface area contributed by atoms with E-state index in [1.54, 1.807) is 24.3 Å². The van der Waals surface area contributed by atoms with Crippen molar-refractivity contribution in [1.29, 1.82) is 0 Å². The maximum atomic E-state index is 13.1. The number of aryl methyl sites for hydroxylation is 1. The fourth-order valence-electron chi connectivity index (χ4n) is 4.01. The van der Waals surface area contributed by atoms with Gasteiger partial charge in [-0.3, -0.25) is 0 Å². The first-order valence-electron chi connectivity index (χ1n) is 11.8. The van der Waals surface area contributed by atoms with Gasteiger partial charge in [-0.1, -0.05) is 24.3 Å². The zero-order chi connectivity index (χ0) is 27.7. The van der Waals surface area contributed by atoms with Crippen molar-refractivity contribution < 1.29 is 31.4 Å². The molecule has 1 saturated carbocycles. The van der Waals surface area contributed by atoms with Gasteiger partial charge in [0.05, 0.1) is 18.4 Å². The molecule has 39 heavy (non-hydrogen) atoms. The molecule has 1 aliphatic rings. The summed E-state index contributed by atoms with van der Waals surface area (Å²) < 4.78 is 77.8. The summed E-state index contributed by atoms with van der Waals surface area (Å²) in [5, 5.41) is 0. The predicted molar refractivity (Wildman–Crippen MR) is 130 cm³/mol. The van der Waals surface area contributed by atoms with Gasteiger partial charge in [0, 0.05) is 37.0 Å². The van der Waals surface area contributed by atoms with E-state index >= 15 is 0 Å². The van der Waals surface area contributed by atoms with Crippen molar-refractivity contribution in [3.63, 3.8) is 0 Å². The highest BCUT2D eigenvalue weighted by Crippen LogP contribution is 2.45. The maximum Gasteiger partial charge on any atom is 0.434 e. The van der Waals surface area contributed by atoms with E-state index in [1.165, 1.54) is 31.2 Å². The summed E-state index contributed by atoms with van der Waals surface area (Å²) in [7, 11) is 2.93. The highest BCUT2D eigenvalue weighted by Gasteiger charge is 2.34. The topological polar surface area (TPSA) is 87.8 Å². The number of imidazole rings is 1. The van der Waals surface area contributed by atoms with Crippen molar-refractivity contribution in [1.82, 2.24) is 29.5 Å². The number of alkyl halides is 3. The van der Waals surface area contributed by atoms with Crippen LogP contribution in [0.25, 0.3) is 28.9 Å². The van der Waals surface area contributed by atoms with E-state index in [0.717, 1.165) is 19.0 Å². The summed E-state index contributed by atoms with van der Waals surface area (Å²) in [6.07, 6.45) is -0.494. The van der Waals surface area contributed by atoms with Crippen LogP contribution in [-0.4, -0.2) is 36.6 Å². The van der Waals surface area contributed by atoms with Crippen LogP contribution in [0.5, 0.6) is 11.8 Å². The number of halogens is 5. The molecule has 0 aliphatic heterocycles. The van der Waals surface area contributed by atoms with Gasteiger partial charge in [0.2, 0.25) is 11.8 Å². The number of nitrogens with zero attached hydrogens (tertiary/aromatic N) is 6. The van der Waals surface area contributed by atoms with Crippen LogP contribution in [0.2, 0.25) is 0 Å². The van der Waals surface area contributed by atoms with Crippen LogP contribution in [0.1, 0.15) is 41.3 Å². The fraction of sp³-hybridized carbons (Fsp3) is 0.269. The Bertz CT molecular complexity index is 1530. The van der Waals surface area contributed by atoms with Crippen LogP contribution < -0.4 is 9.47 Å². The lowest BCUT2D eigenvalue weighted by Gasteiger charge is -2.13. The number of hydrogen-bond donors (Lipinski definition) is 0. The molecule has 0 N–H and O–H groups in total. The lowest BCUT2D eigenvalue weighted by Crippen LogP contribution is -2.05. The van der Waals surface area contributed by atoms with Crippen molar-refractivity contribution in [2.75, 3.05) is 7.11 Å². The Morgan fingerprint density at radius 1 is 1.05 bits per heavy atom. The summed E-state index contributed by atoms with van der Waals surface area (Å²) >= 11 is 0. The van der Waals surface area contributed by atoms with Crippen molar-refractivity contribution in [3.8, 4) is 34.5 Å². The number of rotatable bonds is 8. The molecule has 1 fully saturated rings. The molecule has 0 unspecified atom stereocenters. The first kappa shape index (κ1) is 26.2. The van der Waals surface area contributed by atoms with E-state index in [-0.39, 0.29) is 41.5 Å². The average molecular weight is 544 g/mol. The second kappa shape index (κ2) is 10.4. The molecule has 0 bridgehead atoms. The minimum Gasteiger partial charge on any atom is -0.480 e.